The van der Waals surface area contributed by atoms with E-state index < -0.39 is 5.56 Å². The molecule has 3 heterocycles. The number of nitrogens with zero attached hydrogens (tertiary/aromatic N) is 3. The second-order valence-electron chi connectivity index (χ2n) is 8.03. The van der Waals surface area contributed by atoms with Gasteiger partial charge in [0.1, 0.15) is 11.6 Å². The molecule has 1 aliphatic heterocycles. The zero-order chi connectivity index (χ0) is 18.9. The highest BCUT2D eigenvalue weighted by Crippen LogP contribution is 2.36. The van der Waals surface area contributed by atoms with Crippen molar-refractivity contribution in [3.8, 4) is 6.07 Å². The Morgan fingerprint density at radius 2 is 1.78 bits per heavy atom. The van der Waals surface area contributed by atoms with E-state index >= 15 is 0 Å². The molecule has 0 aromatic carbocycles. The zero-order valence-electron chi connectivity index (χ0n) is 15.7. The molecule has 0 radical (unpaired) electrons. The molecule has 0 spiro atoms. The topological polar surface area (TPSA) is 81.9 Å². The van der Waals surface area contributed by atoms with E-state index in [1.165, 1.54) is 44.6 Å². The van der Waals surface area contributed by atoms with Crippen LogP contribution in [0.5, 0.6) is 0 Å². The Bertz CT molecular complexity index is 986. The van der Waals surface area contributed by atoms with Crippen LogP contribution in [0.2, 0.25) is 0 Å². The number of nitrogens with one attached hydrogen (secondary N) is 1. The molecule has 142 valence electrons. The molecule has 0 atom stereocenters. The molecule has 2 aromatic rings. The minimum atomic E-state index is -0.445. The van der Waals surface area contributed by atoms with E-state index in [9.17, 15) is 9.59 Å². The van der Waals surface area contributed by atoms with E-state index in [-0.39, 0.29) is 16.7 Å². The van der Waals surface area contributed by atoms with Crippen LogP contribution >= 0.6 is 0 Å². The highest BCUT2D eigenvalue weighted by molar-refractivity contribution is 5.78. The number of aromatic amines is 1. The van der Waals surface area contributed by atoms with Crippen LogP contribution in [0.15, 0.2) is 27.9 Å². The first kappa shape index (κ1) is 18.0. The summed E-state index contributed by atoms with van der Waals surface area (Å²) in [6.07, 6.45) is 11.5. The van der Waals surface area contributed by atoms with Gasteiger partial charge in [-0.2, -0.15) is 5.26 Å². The van der Waals surface area contributed by atoms with Crippen molar-refractivity contribution >= 4 is 10.9 Å². The van der Waals surface area contributed by atoms with E-state index in [0.29, 0.717) is 17.4 Å². The predicted octanol–water partition coefficient (Wildman–Crippen LogP) is 2.75. The van der Waals surface area contributed by atoms with Gasteiger partial charge in [-0.25, -0.2) is 0 Å². The molecule has 2 fully saturated rings. The summed E-state index contributed by atoms with van der Waals surface area (Å²) in [4.78, 5) is 30.2. The van der Waals surface area contributed by atoms with Crippen LogP contribution in [0.1, 0.15) is 56.9 Å². The Kier molecular flexibility index (Phi) is 4.88. The second-order valence-corrected chi connectivity index (χ2v) is 8.03. The number of pyridine rings is 2. The standard InChI is InChI=1S/C21H26N4O2/c22-14-16-13-17-18(23-19(16)26)7-12-24(20(17)27)15-21(8-3-1-4-9-21)25-10-5-2-6-11-25/h7,12-13H,1-6,8-11,15H2,(H,23,26). The number of aromatic nitrogens is 2. The van der Waals surface area contributed by atoms with Crippen LogP contribution in [0.3, 0.4) is 0 Å². The Labute approximate surface area is 158 Å². The maximum Gasteiger partial charge on any atom is 0.266 e. The summed E-state index contributed by atoms with van der Waals surface area (Å²) in [5, 5.41) is 9.54. The molecule has 0 amide bonds. The Morgan fingerprint density at radius 3 is 2.48 bits per heavy atom. The van der Waals surface area contributed by atoms with E-state index in [4.69, 9.17) is 5.26 Å². The molecule has 0 bridgehead atoms. The van der Waals surface area contributed by atoms with Gasteiger partial charge in [0.15, 0.2) is 0 Å². The van der Waals surface area contributed by atoms with Gasteiger partial charge in [-0.05, 0) is 50.9 Å². The minimum Gasteiger partial charge on any atom is -0.321 e. The number of H-pyrrole nitrogens is 1. The van der Waals surface area contributed by atoms with Crippen molar-refractivity contribution in [2.45, 2.75) is 63.5 Å². The monoisotopic (exact) mass is 366 g/mol. The third-order valence-electron chi connectivity index (χ3n) is 6.38. The lowest BCUT2D eigenvalue weighted by atomic mass is 9.79. The smallest absolute Gasteiger partial charge is 0.266 e. The number of likely N-dealkylation sites (tertiary alicyclic amines) is 1. The molecule has 1 N–H and O–H groups in total. The SMILES string of the molecule is N#Cc1cc2c(=O)n(CC3(N4CCCCC4)CCCCC3)ccc2[nH]c1=O. The molecule has 27 heavy (non-hydrogen) atoms. The normalized spacial score (nSPS) is 20.4. The number of rotatable bonds is 3. The van der Waals surface area contributed by atoms with Crippen molar-refractivity contribution in [1.82, 2.24) is 14.5 Å². The zero-order valence-corrected chi connectivity index (χ0v) is 15.7. The van der Waals surface area contributed by atoms with Crippen molar-refractivity contribution in [1.29, 1.82) is 5.26 Å². The van der Waals surface area contributed by atoms with Crippen LogP contribution < -0.4 is 11.1 Å². The Hall–Kier alpha value is -2.39. The van der Waals surface area contributed by atoms with Crippen molar-refractivity contribution < 1.29 is 0 Å². The van der Waals surface area contributed by atoms with E-state index in [2.05, 4.69) is 9.88 Å². The van der Waals surface area contributed by atoms with E-state index in [1.54, 1.807) is 16.8 Å². The van der Waals surface area contributed by atoms with Crippen molar-refractivity contribution in [2.75, 3.05) is 13.1 Å². The minimum absolute atomic E-state index is 0.0132. The fourth-order valence-corrected chi connectivity index (χ4v) is 4.92. The van der Waals surface area contributed by atoms with Gasteiger partial charge < -0.3 is 9.55 Å². The number of nitriles is 1. The highest BCUT2D eigenvalue weighted by Gasteiger charge is 2.38. The van der Waals surface area contributed by atoms with Crippen molar-refractivity contribution in [3.63, 3.8) is 0 Å². The average molecular weight is 366 g/mol. The number of hydrogen-bond acceptors (Lipinski definition) is 4. The summed E-state index contributed by atoms with van der Waals surface area (Å²) in [5.41, 5.74) is -0.0331. The summed E-state index contributed by atoms with van der Waals surface area (Å²) in [5.74, 6) is 0. The molecule has 6 heteroatoms. The first-order valence-electron chi connectivity index (χ1n) is 10.0. The van der Waals surface area contributed by atoms with Crippen molar-refractivity contribution in [3.05, 3.63) is 44.6 Å². The summed E-state index contributed by atoms with van der Waals surface area (Å²) in [6, 6.07) is 5.09. The third-order valence-corrected chi connectivity index (χ3v) is 6.38. The van der Waals surface area contributed by atoms with Gasteiger partial charge in [0, 0.05) is 18.3 Å². The van der Waals surface area contributed by atoms with Crippen LogP contribution in [-0.4, -0.2) is 33.1 Å². The Morgan fingerprint density at radius 1 is 1.07 bits per heavy atom. The molecular formula is C21H26N4O2. The van der Waals surface area contributed by atoms with Gasteiger partial charge in [-0.15, -0.1) is 0 Å². The molecule has 1 saturated carbocycles. The largest absolute Gasteiger partial charge is 0.321 e. The van der Waals surface area contributed by atoms with Crippen LogP contribution in [0, 0.1) is 11.3 Å². The van der Waals surface area contributed by atoms with Gasteiger partial charge >= 0.3 is 0 Å². The fraction of sp³-hybridized carbons (Fsp3) is 0.571. The van der Waals surface area contributed by atoms with Crippen LogP contribution in [-0.2, 0) is 6.54 Å². The molecule has 2 aromatic heterocycles. The number of hydrogen-bond donors (Lipinski definition) is 1. The van der Waals surface area contributed by atoms with Gasteiger partial charge in [-0.3, -0.25) is 14.5 Å². The molecule has 0 unspecified atom stereocenters. The molecule has 6 nitrogen and oxygen atoms in total. The lowest BCUT2D eigenvalue weighted by molar-refractivity contribution is 0.0189. The molecular weight excluding hydrogens is 340 g/mol. The highest BCUT2D eigenvalue weighted by atomic mass is 16.1. The van der Waals surface area contributed by atoms with Crippen LogP contribution in [0.25, 0.3) is 10.9 Å². The van der Waals surface area contributed by atoms with E-state index in [0.717, 1.165) is 25.9 Å². The summed E-state index contributed by atoms with van der Waals surface area (Å²) < 4.78 is 1.79. The number of piperidine rings is 1. The van der Waals surface area contributed by atoms with Gasteiger partial charge in [-0.1, -0.05) is 25.7 Å². The first-order chi connectivity index (χ1) is 13.1. The molecule has 4 rings (SSSR count). The van der Waals surface area contributed by atoms with E-state index in [1.807, 2.05) is 6.07 Å². The fourth-order valence-electron chi connectivity index (χ4n) is 4.92. The summed E-state index contributed by atoms with van der Waals surface area (Å²) in [7, 11) is 0. The molecule has 2 aliphatic rings. The summed E-state index contributed by atoms with van der Waals surface area (Å²) in [6.45, 7) is 2.92. The van der Waals surface area contributed by atoms with Gasteiger partial charge in [0.25, 0.3) is 11.1 Å². The molecule has 1 saturated heterocycles. The third kappa shape index (κ3) is 3.32. The lowest BCUT2D eigenvalue weighted by Crippen LogP contribution is -2.55. The maximum atomic E-state index is 13.1. The first-order valence-corrected chi connectivity index (χ1v) is 10.0. The second kappa shape index (κ2) is 7.32. The Balaban J connectivity index is 1.75. The summed E-state index contributed by atoms with van der Waals surface area (Å²) >= 11 is 0. The van der Waals surface area contributed by atoms with Gasteiger partial charge in [0.2, 0.25) is 0 Å². The lowest BCUT2D eigenvalue weighted by Gasteiger charge is -2.48. The quantitative estimate of drug-likeness (QED) is 0.905. The maximum absolute atomic E-state index is 13.1. The number of fused-ring (bicyclic) bond motifs is 1. The van der Waals surface area contributed by atoms with Crippen molar-refractivity contribution in [2.24, 2.45) is 0 Å². The van der Waals surface area contributed by atoms with Gasteiger partial charge in [0.05, 0.1) is 10.9 Å². The predicted molar refractivity (Wildman–Crippen MR) is 105 cm³/mol. The van der Waals surface area contributed by atoms with Crippen LogP contribution in [0.4, 0.5) is 0 Å². The molecule has 1 aliphatic carbocycles. The average Bonchev–Trinajstić information content (AvgIpc) is 2.71.